The molecule has 0 radical (unpaired) electrons. The fourth-order valence-electron chi connectivity index (χ4n) is 2.52. The summed E-state index contributed by atoms with van der Waals surface area (Å²) in [5, 5.41) is 6.72. The van der Waals surface area contributed by atoms with E-state index in [9.17, 15) is 14.0 Å². The van der Waals surface area contributed by atoms with E-state index in [1.807, 2.05) is 0 Å². The van der Waals surface area contributed by atoms with E-state index < -0.39 is 11.7 Å². The summed E-state index contributed by atoms with van der Waals surface area (Å²) in [5.41, 5.74) is 4.73. The highest BCUT2D eigenvalue weighted by atomic mass is 19.1. The third kappa shape index (κ3) is 4.32. The highest BCUT2D eigenvalue weighted by Crippen LogP contribution is 2.14. The second kappa shape index (κ2) is 8.30. The zero-order chi connectivity index (χ0) is 20.1. The first-order valence-corrected chi connectivity index (χ1v) is 8.50. The van der Waals surface area contributed by atoms with E-state index in [0.29, 0.717) is 22.7 Å². The number of hydrogen-bond acceptors (Lipinski definition) is 4. The standard InChI is InChI=1S/C21H18FN3O3/c1-13(24-25-21(27)17-11-12-28-14(17)2)15-7-9-16(10-8-15)23-20(26)18-5-3-4-6-19(18)22/h3-12H,1-2H3,(H,23,26)(H,25,27)/b24-13+. The maximum Gasteiger partial charge on any atom is 0.274 e. The lowest BCUT2D eigenvalue weighted by atomic mass is 10.1. The largest absolute Gasteiger partial charge is 0.469 e. The van der Waals surface area contributed by atoms with E-state index in [2.05, 4.69) is 15.8 Å². The van der Waals surface area contributed by atoms with Gasteiger partial charge in [0.1, 0.15) is 11.6 Å². The first-order chi connectivity index (χ1) is 13.5. The first kappa shape index (κ1) is 19.0. The van der Waals surface area contributed by atoms with Crippen molar-refractivity contribution in [2.75, 3.05) is 5.32 Å². The number of carbonyl (C=O) groups excluding carboxylic acids is 2. The minimum absolute atomic E-state index is 0.0263. The number of halogens is 1. The van der Waals surface area contributed by atoms with E-state index in [1.54, 1.807) is 50.2 Å². The second-order valence-corrected chi connectivity index (χ2v) is 6.04. The molecule has 0 fully saturated rings. The van der Waals surface area contributed by atoms with Gasteiger partial charge in [-0.1, -0.05) is 24.3 Å². The molecule has 0 spiro atoms. The molecule has 1 heterocycles. The summed E-state index contributed by atoms with van der Waals surface area (Å²) in [4.78, 5) is 24.2. The number of benzene rings is 2. The lowest BCUT2D eigenvalue weighted by Gasteiger charge is -2.07. The molecule has 0 aliphatic heterocycles. The van der Waals surface area contributed by atoms with Crippen LogP contribution in [0, 0.1) is 12.7 Å². The normalized spacial score (nSPS) is 11.2. The molecule has 0 atom stereocenters. The molecule has 3 aromatic rings. The zero-order valence-electron chi connectivity index (χ0n) is 15.3. The van der Waals surface area contributed by atoms with Gasteiger partial charge in [0.25, 0.3) is 11.8 Å². The summed E-state index contributed by atoms with van der Waals surface area (Å²) in [7, 11) is 0. The van der Waals surface area contributed by atoms with Gasteiger partial charge in [-0.15, -0.1) is 0 Å². The molecule has 7 heteroatoms. The Morgan fingerprint density at radius 1 is 0.964 bits per heavy atom. The monoisotopic (exact) mass is 379 g/mol. The molecule has 0 saturated heterocycles. The van der Waals surface area contributed by atoms with Crippen LogP contribution in [0.1, 0.15) is 39.0 Å². The summed E-state index contributed by atoms with van der Waals surface area (Å²) in [6.07, 6.45) is 1.44. The summed E-state index contributed by atoms with van der Waals surface area (Å²) in [5.74, 6) is -0.957. The van der Waals surface area contributed by atoms with Crippen molar-refractivity contribution < 1.29 is 18.4 Å². The third-order valence-electron chi connectivity index (χ3n) is 4.11. The van der Waals surface area contributed by atoms with Crippen molar-refractivity contribution in [2.24, 2.45) is 5.10 Å². The fraction of sp³-hybridized carbons (Fsp3) is 0.0952. The fourth-order valence-corrected chi connectivity index (χ4v) is 2.52. The third-order valence-corrected chi connectivity index (χ3v) is 4.11. The molecule has 2 N–H and O–H groups in total. The van der Waals surface area contributed by atoms with Crippen molar-refractivity contribution in [3.8, 4) is 0 Å². The summed E-state index contributed by atoms with van der Waals surface area (Å²) in [6, 6.07) is 14.2. The van der Waals surface area contributed by atoms with Gasteiger partial charge in [0.2, 0.25) is 0 Å². The Labute approximate surface area is 161 Å². The maximum atomic E-state index is 13.7. The quantitative estimate of drug-likeness (QED) is 0.516. The minimum Gasteiger partial charge on any atom is -0.469 e. The van der Waals surface area contributed by atoms with E-state index in [1.165, 1.54) is 24.5 Å². The number of amides is 2. The number of furan rings is 1. The van der Waals surface area contributed by atoms with Crippen molar-refractivity contribution in [2.45, 2.75) is 13.8 Å². The van der Waals surface area contributed by atoms with Crippen LogP contribution in [-0.2, 0) is 0 Å². The number of rotatable bonds is 5. The van der Waals surface area contributed by atoms with Gasteiger partial charge in [0.15, 0.2) is 0 Å². The predicted molar refractivity (Wildman–Crippen MR) is 104 cm³/mol. The molecule has 3 rings (SSSR count). The molecular weight excluding hydrogens is 361 g/mol. The molecule has 2 amide bonds. The second-order valence-electron chi connectivity index (χ2n) is 6.04. The Kier molecular flexibility index (Phi) is 5.64. The molecule has 6 nitrogen and oxygen atoms in total. The van der Waals surface area contributed by atoms with Gasteiger partial charge in [-0.3, -0.25) is 9.59 Å². The molecule has 1 aromatic heterocycles. The lowest BCUT2D eigenvalue weighted by Crippen LogP contribution is -2.19. The van der Waals surface area contributed by atoms with E-state index in [4.69, 9.17) is 4.42 Å². The van der Waals surface area contributed by atoms with E-state index >= 15 is 0 Å². The van der Waals surface area contributed by atoms with Crippen LogP contribution in [0.15, 0.2) is 70.4 Å². The Morgan fingerprint density at radius 3 is 2.32 bits per heavy atom. The maximum absolute atomic E-state index is 13.7. The van der Waals surface area contributed by atoms with Crippen LogP contribution in [0.2, 0.25) is 0 Å². The highest BCUT2D eigenvalue weighted by Gasteiger charge is 2.12. The Hall–Kier alpha value is -3.74. The van der Waals surface area contributed by atoms with Crippen molar-refractivity contribution >= 4 is 23.2 Å². The molecule has 142 valence electrons. The molecule has 0 aliphatic rings. The van der Waals surface area contributed by atoms with Crippen LogP contribution in [-0.4, -0.2) is 17.5 Å². The predicted octanol–water partition coefficient (Wildman–Crippen LogP) is 4.13. The number of aryl methyl sites for hydroxylation is 1. The topological polar surface area (TPSA) is 83.7 Å². The molecule has 0 bridgehead atoms. The van der Waals surface area contributed by atoms with Gasteiger partial charge in [-0.2, -0.15) is 5.10 Å². The van der Waals surface area contributed by atoms with E-state index in [0.717, 1.165) is 5.56 Å². The molecule has 0 unspecified atom stereocenters. The van der Waals surface area contributed by atoms with Crippen molar-refractivity contribution in [1.82, 2.24) is 5.43 Å². The van der Waals surface area contributed by atoms with Crippen molar-refractivity contribution in [1.29, 1.82) is 0 Å². The molecule has 0 saturated carbocycles. The molecule has 2 aromatic carbocycles. The van der Waals surface area contributed by atoms with Gasteiger partial charge in [0.05, 0.1) is 23.1 Å². The van der Waals surface area contributed by atoms with Crippen LogP contribution in [0.5, 0.6) is 0 Å². The van der Waals surface area contributed by atoms with Crippen molar-refractivity contribution in [3.63, 3.8) is 0 Å². The van der Waals surface area contributed by atoms with Crippen LogP contribution in [0.4, 0.5) is 10.1 Å². The average molecular weight is 379 g/mol. The number of anilines is 1. The van der Waals surface area contributed by atoms with Gasteiger partial charge < -0.3 is 9.73 Å². The Balaban J connectivity index is 1.65. The highest BCUT2D eigenvalue weighted by molar-refractivity contribution is 6.05. The Bertz CT molecular complexity index is 1040. The number of hydrazone groups is 1. The van der Waals surface area contributed by atoms with Crippen molar-refractivity contribution in [3.05, 3.63) is 89.1 Å². The van der Waals surface area contributed by atoms with E-state index in [-0.39, 0.29) is 11.5 Å². The summed E-state index contributed by atoms with van der Waals surface area (Å²) in [6.45, 7) is 3.44. The molecular formula is C21H18FN3O3. The first-order valence-electron chi connectivity index (χ1n) is 8.50. The smallest absolute Gasteiger partial charge is 0.274 e. The van der Waals surface area contributed by atoms with Gasteiger partial charge >= 0.3 is 0 Å². The zero-order valence-corrected chi connectivity index (χ0v) is 15.3. The summed E-state index contributed by atoms with van der Waals surface area (Å²) >= 11 is 0. The Morgan fingerprint density at radius 2 is 1.68 bits per heavy atom. The SMILES string of the molecule is C/C(=N\NC(=O)c1ccoc1C)c1ccc(NC(=O)c2ccccc2F)cc1. The average Bonchev–Trinajstić information content (AvgIpc) is 3.12. The van der Waals surface area contributed by atoms with Gasteiger partial charge in [-0.25, -0.2) is 9.82 Å². The number of nitrogens with one attached hydrogen (secondary N) is 2. The number of carbonyl (C=O) groups is 2. The summed E-state index contributed by atoms with van der Waals surface area (Å²) < 4.78 is 18.8. The lowest BCUT2D eigenvalue weighted by molar-refractivity contribution is 0.0952. The number of hydrogen-bond donors (Lipinski definition) is 2. The van der Waals surface area contributed by atoms with Crippen LogP contribution < -0.4 is 10.7 Å². The van der Waals surface area contributed by atoms with Crippen LogP contribution >= 0.6 is 0 Å². The van der Waals surface area contributed by atoms with Gasteiger partial charge in [0, 0.05) is 5.69 Å². The van der Waals surface area contributed by atoms with Gasteiger partial charge in [-0.05, 0) is 49.7 Å². The van der Waals surface area contributed by atoms with Crippen LogP contribution in [0.3, 0.4) is 0 Å². The molecule has 28 heavy (non-hydrogen) atoms. The molecule has 0 aliphatic carbocycles. The van der Waals surface area contributed by atoms with Crippen LogP contribution in [0.25, 0.3) is 0 Å². The minimum atomic E-state index is -0.580. The number of nitrogens with zero attached hydrogens (tertiary/aromatic N) is 1.